The van der Waals surface area contributed by atoms with E-state index in [1.807, 2.05) is 85.6 Å². The van der Waals surface area contributed by atoms with Crippen molar-refractivity contribution in [3.8, 4) is 22.0 Å². The summed E-state index contributed by atoms with van der Waals surface area (Å²) >= 11 is 0.574. The third-order valence-corrected chi connectivity index (χ3v) is 7.11. The molecule has 0 saturated heterocycles. The van der Waals surface area contributed by atoms with Crippen LogP contribution >= 0.6 is 11.3 Å². The Morgan fingerprint density at radius 3 is 2.53 bits per heavy atom. The molecule has 5 aromatic rings. The molecule has 11 heteroatoms. The van der Waals surface area contributed by atoms with Crippen molar-refractivity contribution in [1.82, 2.24) is 24.5 Å². The smallest absolute Gasteiger partial charge is 0.310 e. The Hall–Kier alpha value is -4.77. The molecule has 0 aliphatic carbocycles. The first kappa shape index (κ1) is 23.6. The van der Waals surface area contributed by atoms with Crippen LogP contribution in [-0.2, 0) is 7.05 Å². The van der Waals surface area contributed by atoms with Crippen LogP contribution in [0.4, 0.5) is 11.4 Å². The average Bonchev–Trinajstić information content (AvgIpc) is 3.41. The normalized spacial score (nSPS) is 14.9. The second-order valence-electron chi connectivity index (χ2n) is 9.02. The molecule has 0 saturated carbocycles. The highest BCUT2D eigenvalue weighted by atomic mass is 32.1. The average molecular weight is 526 g/mol. The number of aromatic amines is 1. The van der Waals surface area contributed by atoms with Crippen molar-refractivity contribution in [2.24, 2.45) is 12.0 Å². The Bertz CT molecular complexity index is 1810. The van der Waals surface area contributed by atoms with Crippen molar-refractivity contribution in [1.29, 1.82) is 0 Å². The summed E-state index contributed by atoms with van der Waals surface area (Å²) in [6.45, 7) is 1.94. The molecule has 3 aromatic heterocycles. The number of benzene rings is 2. The van der Waals surface area contributed by atoms with E-state index in [2.05, 4.69) is 15.4 Å². The number of hydrogen-bond acceptors (Lipinski definition) is 8. The third kappa shape index (κ3) is 4.22. The van der Waals surface area contributed by atoms with Crippen molar-refractivity contribution in [3.63, 3.8) is 0 Å². The van der Waals surface area contributed by atoms with Crippen LogP contribution in [0.5, 0.6) is 5.06 Å². The molecular weight excluding hydrogens is 502 g/mol. The number of aliphatic imine (C=N–C) groups is 1. The first-order valence-corrected chi connectivity index (χ1v) is 12.7. The molecule has 0 radical (unpaired) electrons. The molecule has 2 aromatic carbocycles. The van der Waals surface area contributed by atoms with Crippen LogP contribution < -0.4 is 15.7 Å². The summed E-state index contributed by atoms with van der Waals surface area (Å²) in [4.78, 5) is 31.0. The fraction of sp³-hybridized carbons (Fsp3) is 0.148. The zero-order valence-corrected chi connectivity index (χ0v) is 21.4. The number of aromatic nitrogens is 5. The first-order valence-electron chi connectivity index (χ1n) is 11.9. The number of anilines is 1. The van der Waals surface area contributed by atoms with E-state index in [4.69, 9.17) is 10.1 Å². The van der Waals surface area contributed by atoms with Gasteiger partial charge in [0.1, 0.15) is 11.3 Å². The maximum atomic E-state index is 12.8. The molecule has 38 heavy (non-hydrogen) atoms. The maximum absolute atomic E-state index is 12.8. The van der Waals surface area contributed by atoms with E-state index in [-0.39, 0.29) is 23.1 Å². The summed E-state index contributed by atoms with van der Waals surface area (Å²) in [5, 5.41) is 23.3. The third-order valence-electron chi connectivity index (χ3n) is 6.43. The summed E-state index contributed by atoms with van der Waals surface area (Å²) in [6, 6.07) is 16.9. The van der Waals surface area contributed by atoms with Crippen molar-refractivity contribution < 1.29 is 5.11 Å². The van der Waals surface area contributed by atoms with E-state index in [0.717, 1.165) is 33.9 Å². The molecule has 0 spiro atoms. The predicted octanol–water partition coefficient (Wildman–Crippen LogP) is 4.07. The van der Waals surface area contributed by atoms with Crippen molar-refractivity contribution in [3.05, 3.63) is 104 Å². The van der Waals surface area contributed by atoms with Gasteiger partial charge < -0.3 is 10.4 Å². The molecule has 0 amide bonds. The van der Waals surface area contributed by atoms with Crippen LogP contribution in [0.15, 0.2) is 81.6 Å². The molecule has 0 fully saturated rings. The van der Waals surface area contributed by atoms with Gasteiger partial charge in [0, 0.05) is 37.0 Å². The van der Waals surface area contributed by atoms with Crippen molar-refractivity contribution in [2.45, 2.75) is 19.4 Å². The Morgan fingerprint density at radius 1 is 1.03 bits per heavy atom. The van der Waals surface area contributed by atoms with Crippen LogP contribution in [-0.4, -0.2) is 35.4 Å². The van der Waals surface area contributed by atoms with E-state index < -0.39 is 10.4 Å². The van der Waals surface area contributed by atoms with E-state index in [9.17, 15) is 14.7 Å². The summed E-state index contributed by atoms with van der Waals surface area (Å²) in [5.41, 5.74) is 5.30. The fourth-order valence-electron chi connectivity index (χ4n) is 4.73. The van der Waals surface area contributed by atoms with Gasteiger partial charge in [-0.3, -0.25) is 24.2 Å². The lowest BCUT2D eigenvalue weighted by molar-refractivity contribution is 0.487. The maximum Gasteiger partial charge on any atom is 0.310 e. The van der Waals surface area contributed by atoms with Gasteiger partial charge in [-0.05, 0) is 42.5 Å². The van der Waals surface area contributed by atoms with Crippen molar-refractivity contribution >= 4 is 28.4 Å². The molecular formula is C27H23N7O3S. The first-order chi connectivity index (χ1) is 18.4. The number of aromatic hydroxyl groups is 1. The Balaban J connectivity index is 1.56. The van der Waals surface area contributed by atoms with Crippen LogP contribution in [0.25, 0.3) is 16.9 Å². The lowest BCUT2D eigenvalue weighted by Crippen LogP contribution is -2.25. The molecule has 1 aliphatic heterocycles. The van der Waals surface area contributed by atoms with Gasteiger partial charge in [0.25, 0.3) is 5.56 Å². The van der Waals surface area contributed by atoms with E-state index in [0.29, 0.717) is 22.7 Å². The van der Waals surface area contributed by atoms with Crippen molar-refractivity contribution in [2.75, 3.05) is 5.32 Å². The van der Waals surface area contributed by atoms with Crippen LogP contribution in [0.2, 0.25) is 0 Å². The van der Waals surface area contributed by atoms with Crippen LogP contribution in [0.1, 0.15) is 29.3 Å². The highest BCUT2D eigenvalue weighted by molar-refractivity contribution is 7.11. The molecule has 0 unspecified atom stereocenters. The molecule has 0 bridgehead atoms. The van der Waals surface area contributed by atoms with E-state index >= 15 is 0 Å². The summed E-state index contributed by atoms with van der Waals surface area (Å²) in [5.74, 6) is 0. The minimum absolute atomic E-state index is 0.00679. The highest BCUT2D eigenvalue weighted by Gasteiger charge is 2.29. The van der Waals surface area contributed by atoms with E-state index in [1.54, 1.807) is 4.68 Å². The van der Waals surface area contributed by atoms with Gasteiger partial charge in [0.15, 0.2) is 5.06 Å². The number of rotatable bonds is 4. The summed E-state index contributed by atoms with van der Waals surface area (Å²) < 4.78 is 3.58. The number of fused-ring (bicyclic) bond motifs is 1. The highest BCUT2D eigenvalue weighted by Crippen LogP contribution is 2.39. The Kier molecular flexibility index (Phi) is 5.76. The number of hydrogen-bond donors (Lipinski definition) is 3. The van der Waals surface area contributed by atoms with Gasteiger partial charge in [-0.25, -0.2) is 4.68 Å². The lowest BCUT2D eigenvalue weighted by atomic mass is 9.96. The largest absolute Gasteiger partial charge is 0.499 e. The summed E-state index contributed by atoms with van der Waals surface area (Å²) in [7, 11) is 1.87. The molecule has 10 nitrogen and oxygen atoms in total. The van der Waals surface area contributed by atoms with Gasteiger partial charge >= 0.3 is 4.87 Å². The van der Waals surface area contributed by atoms with Gasteiger partial charge in [0.05, 0.1) is 34.5 Å². The molecule has 190 valence electrons. The topological polar surface area (TPSA) is 130 Å². The number of aryl methyl sites for hydroxylation is 2. The SMILES string of the molecule is Cc1nn(C)cc1-c1nn(-c2ccccc2)cc1[C@@H]1CC(c2c(O)sc(=O)[nH]c2=O)=Nc2ccccc2N1. The molecule has 1 aliphatic rings. The minimum atomic E-state index is -0.675. The summed E-state index contributed by atoms with van der Waals surface area (Å²) in [6.07, 6.45) is 4.15. The van der Waals surface area contributed by atoms with Crippen LogP contribution in [0.3, 0.4) is 0 Å². The minimum Gasteiger partial charge on any atom is -0.499 e. The lowest BCUT2D eigenvalue weighted by Gasteiger charge is -2.19. The van der Waals surface area contributed by atoms with Gasteiger partial charge in [0.2, 0.25) is 0 Å². The molecule has 3 N–H and O–H groups in total. The fourth-order valence-corrected chi connectivity index (χ4v) is 5.36. The second-order valence-corrected chi connectivity index (χ2v) is 9.98. The quantitative estimate of drug-likeness (QED) is 0.324. The standard InChI is InChI=1S/C27H23N7O3S/c1-15-17(13-33(2)31-15)24-18(14-34(32-24)16-8-4-3-5-9-16)21-12-22(23-25(35)30-27(37)38-26(23)36)29-20-11-7-6-10-19(20)28-21/h3-11,13-14,21,28,36H,12H2,1-2H3,(H,30,35,37)/t21-/m0/s1. The zero-order chi connectivity index (χ0) is 26.4. The predicted molar refractivity (Wildman–Crippen MR) is 147 cm³/mol. The Morgan fingerprint density at radius 2 is 1.79 bits per heavy atom. The second kappa shape index (κ2) is 9.27. The number of nitrogens with one attached hydrogen (secondary N) is 2. The molecule has 4 heterocycles. The van der Waals surface area contributed by atoms with Crippen LogP contribution in [0, 0.1) is 6.92 Å². The molecule has 6 rings (SSSR count). The molecule has 1 atom stereocenters. The Labute approximate surface area is 220 Å². The van der Waals surface area contributed by atoms with Gasteiger partial charge in [-0.15, -0.1) is 0 Å². The monoisotopic (exact) mass is 525 g/mol. The number of nitrogens with zero attached hydrogens (tertiary/aromatic N) is 5. The van der Waals surface area contributed by atoms with Gasteiger partial charge in [-0.2, -0.15) is 10.2 Å². The van der Waals surface area contributed by atoms with E-state index in [1.165, 1.54) is 0 Å². The number of para-hydroxylation sites is 3. The zero-order valence-electron chi connectivity index (χ0n) is 20.5. The number of H-pyrrole nitrogens is 1. The van der Waals surface area contributed by atoms with Gasteiger partial charge in [-0.1, -0.05) is 30.3 Å².